The maximum absolute atomic E-state index is 10.2. The second kappa shape index (κ2) is 17.4. The van der Waals surface area contributed by atoms with Crippen molar-refractivity contribution in [2.45, 2.75) is 32.2 Å². The predicted molar refractivity (Wildman–Crippen MR) is 116 cm³/mol. The number of ether oxygens (including phenoxy) is 1. The Balaban J connectivity index is 0.000000409. The lowest BCUT2D eigenvalue weighted by atomic mass is 10.2. The van der Waals surface area contributed by atoms with Crippen molar-refractivity contribution in [1.29, 1.82) is 0 Å². The van der Waals surface area contributed by atoms with Gasteiger partial charge in [0.15, 0.2) is 0 Å². The van der Waals surface area contributed by atoms with Crippen molar-refractivity contribution in [2.75, 3.05) is 19.7 Å². The zero-order valence-electron chi connectivity index (χ0n) is 17.0. The van der Waals surface area contributed by atoms with E-state index in [0.717, 1.165) is 25.0 Å². The van der Waals surface area contributed by atoms with E-state index in [1.54, 1.807) is 24.3 Å². The quantitative estimate of drug-likeness (QED) is 0.470. The van der Waals surface area contributed by atoms with Gasteiger partial charge in [0.05, 0.1) is 6.61 Å². The van der Waals surface area contributed by atoms with E-state index in [4.69, 9.17) is 27.0 Å². The van der Waals surface area contributed by atoms with Gasteiger partial charge in [0, 0.05) is 5.56 Å². The van der Waals surface area contributed by atoms with E-state index in [2.05, 4.69) is 12.1 Å². The zero-order chi connectivity index (χ0) is 21.9. The predicted octanol–water partition coefficient (Wildman–Crippen LogP) is 2.22. The first-order chi connectivity index (χ1) is 14.0. The van der Waals surface area contributed by atoms with Crippen LogP contribution in [0.2, 0.25) is 0 Å². The van der Waals surface area contributed by atoms with Gasteiger partial charge < -0.3 is 27.0 Å². The SMILES string of the molecule is CCOc1ccc(C=O)cc1.NCCC[C@H](N)C(=O)O.NCCc1ccccc1. The first kappa shape index (κ1) is 26.3. The molecule has 0 heterocycles. The Bertz CT molecular complexity index is 664. The molecule has 0 saturated heterocycles. The molecule has 7 N–H and O–H groups in total. The molecule has 0 aromatic heterocycles. The van der Waals surface area contributed by atoms with Crippen molar-refractivity contribution >= 4 is 12.3 Å². The molecule has 0 amide bonds. The van der Waals surface area contributed by atoms with Crippen LogP contribution in [0.15, 0.2) is 54.6 Å². The van der Waals surface area contributed by atoms with Crippen LogP contribution in [-0.2, 0) is 11.2 Å². The lowest BCUT2D eigenvalue weighted by Gasteiger charge is -2.02. The summed E-state index contributed by atoms with van der Waals surface area (Å²) in [5.74, 6) is -0.151. The van der Waals surface area contributed by atoms with E-state index in [-0.39, 0.29) is 0 Å². The Hall–Kier alpha value is -2.74. The molecule has 7 heteroatoms. The monoisotopic (exact) mass is 403 g/mol. The highest BCUT2D eigenvalue weighted by atomic mass is 16.5. The van der Waals surface area contributed by atoms with Gasteiger partial charge in [-0.3, -0.25) is 9.59 Å². The summed E-state index contributed by atoms with van der Waals surface area (Å²) in [7, 11) is 0. The Morgan fingerprint density at radius 2 is 1.69 bits per heavy atom. The molecule has 160 valence electrons. The molecule has 0 radical (unpaired) electrons. The molecule has 0 unspecified atom stereocenters. The van der Waals surface area contributed by atoms with Crippen LogP contribution in [-0.4, -0.2) is 43.1 Å². The molecule has 0 spiro atoms. The molecule has 2 aromatic carbocycles. The van der Waals surface area contributed by atoms with Crippen LogP contribution in [0.25, 0.3) is 0 Å². The number of carboxylic acids is 1. The van der Waals surface area contributed by atoms with Crippen molar-refractivity contribution in [3.63, 3.8) is 0 Å². The lowest BCUT2D eigenvalue weighted by Crippen LogP contribution is -2.30. The second-order valence-corrected chi connectivity index (χ2v) is 6.02. The molecule has 7 nitrogen and oxygen atoms in total. The molecule has 0 bridgehead atoms. The molecule has 1 atom stereocenters. The number of aldehydes is 1. The Morgan fingerprint density at radius 3 is 2.14 bits per heavy atom. The molecule has 0 aliphatic rings. The van der Waals surface area contributed by atoms with Gasteiger partial charge in [-0.2, -0.15) is 0 Å². The standard InChI is InChI=1S/C9H10O2.C8H11N.C5H12N2O2/c1-2-11-9-5-3-8(7-10)4-6-9;9-7-6-8-4-2-1-3-5-8;6-3-1-2-4(7)5(8)9/h3-7H,2H2,1H3;1-5H,6-7,9H2;4H,1-3,6-7H2,(H,8,9)/t;;4-/m..0/s1. The topological polar surface area (TPSA) is 142 Å². The zero-order valence-corrected chi connectivity index (χ0v) is 17.0. The van der Waals surface area contributed by atoms with E-state index >= 15 is 0 Å². The Labute approximate surface area is 172 Å². The second-order valence-electron chi connectivity index (χ2n) is 6.02. The van der Waals surface area contributed by atoms with Gasteiger partial charge in [-0.1, -0.05) is 30.3 Å². The average Bonchev–Trinajstić information content (AvgIpc) is 2.74. The van der Waals surface area contributed by atoms with E-state index in [1.165, 1.54) is 5.56 Å². The minimum atomic E-state index is -0.955. The number of rotatable bonds is 9. The van der Waals surface area contributed by atoms with Gasteiger partial charge in [-0.05, 0) is 69.1 Å². The van der Waals surface area contributed by atoms with Crippen molar-refractivity contribution in [2.24, 2.45) is 17.2 Å². The number of benzene rings is 2. The fourth-order valence-electron chi connectivity index (χ4n) is 2.08. The van der Waals surface area contributed by atoms with Crippen LogP contribution in [0.4, 0.5) is 0 Å². The highest BCUT2D eigenvalue weighted by Crippen LogP contribution is 2.10. The van der Waals surface area contributed by atoms with E-state index in [9.17, 15) is 9.59 Å². The third-order valence-electron chi connectivity index (χ3n) is 3.64. The molecule has 29 heavy (non-hydrogen) atoms. The fraction of sp³-hybridized carbons (Fsp3) is 0.364. The summed E-state index contributed by atoms with van der Waals surface area (Å²) in [6.07, 6.45) is 2.94. The van der Waals surface area contributed by atoms with E-state index < -0.39 is 12.0 Å². The number of hydrogen-bond donors (Lipinski definition) is 4. The van der Waals surface area contributed by atoms with Crippen molar-refractivity contribution < 1.29 is 19.4 Å². The highest BCUT2D eigenvalue weighted by Gasteiger charge is 2.08. The van der Waals surface area contributed by atoms with Crippen LogP contribution < -0.4 is 21.9 Å². The van der Waals surface area contributed by atoms with Gasteiger partial charge in [-0.15, -0.1) is 0 Å². The van der Waals surface area contributed by atoms with Gasteiger partial charge >= 0.3 is 5.97 Å². The normalized spacial score (nSPS) is 10.5. The first-order valence-corrected chi connectivity index (χ1v) is 9.58. The minimum absolute atomic E-state index is 0.464. The number of hydrogen-bond acceptors (Lipinski definition) is 6. The van der Waals surface area contributed by atoms with Crippen LogP contribution in [0, 0.1) is 0 Å². The summed E-state index contributed by atoms with van der Waals surface area (Å²) >= 11 is 0. The maximum atomic E-state index is 10.2. The minimum Gasteiger partial charge on any atom is -0.494 e. The molecular formula is C22H33N3O4. The number of carboxylic acid groups (broad SMARTS) is 1. The molecular weight excluding hydrogens is 370 g/mol. The van der Waals surface area contributed by atoms with Crippen LogP contribution in [0.1, 0.15) is 35.7 Å². The van der Waals surface area contributed by atoms with Crippen molar-refractivity contribution in [3.05, 3.63) is 65.7 Å². The van der Waals surface area contributed by atoms with Crippen LogP contribution in [0.3, 0.4) is 0 Å². The fourth-order valence-corrected chi connectivity index (χ4v) is 2.08. The summed E-state index contributed by atoms with van der Waals surface area (Å²) in [4.78, 5) is 20.3. The third-order valence-corrected chi connectivity index (χ3v) is 3.64. The number of carbonyl (C=O) groups excluding carboxylic acids is 1. The maximum Gasteiger partial charge on any atom is 0.320 e. The molecule has 2 rings (SSSR count). The van der Waals surface area contributed by atoms with Crippen molar-refractivity contribution in [3.8, 4) is 5.75 Å². The number of nitrogens with two attached hydrogens (primary N) is 3. The summed E-state index contributed by atoms with van der Waals surface area (Å²) in [5.41, 5.74) is 17.6. The summed E-state index contributed by atoms with van der Waals surface area (Å²) < 4.78 is 5.19. The Morgan fingerprint density at radius 1 is 1.07 bits per heavy atom. The molecule has 0 aliphatic heterocycles. The Kier molecular flexibility index (Phi) is 15.7. The third kappa shape index (κ3) is 14.0. The molecule has 2 aromatic rings. The van der Waals surface area contributed by atoms with Gasteiger partial charge in [0.2, 0.25) is 0 Å². The highest BCUT2D eigenvalue weighted by molar-refractivity contribution is 5.74. The van der Waals surface area contributed by atoms with E-state index in [1.807, 2.05) is 25.1 Å². The molecule has 0 saturated carbocycles. The number of aliphatic carboxylic acids is 1. The summed E-state index contributed by atoms with van der Waals surface area (Å²) in [5, 5.41) is 8.24. The average molecular weight is 404 g/mol. The number of carbonyl (C=O) groups is 2. The van der Waals surface area contributed by atoms with Gasteiger partial charge in [0.25, 0.3) is 0 Å². The first-order valence-electron chi connectivity index (χ1n) is 9.58. The van der Waals surface area contributed by atoms with Gasteiger partial charge in [0.1, 0.15) is 18.1 Å². The largest absolute Gasteiger partial charge is 0.494 e. The molecule has 0 aliphatic carbocycles. The summed E-state index contributed by atoms with van der Waals surface area (Å²) in [6, 6.07) is 16.6. The van der Waals surface area contributed by atoms with Gasteiger partial charge in [-0.25, -0.2) is 0 Å². The van der Waals surface area contributed by atoms with Crippen LogP contribution in [0.5, 0.6) is 5.75 Å². The molecule has 0 fully saturated rings. The van der Waals surface area contributed by atoms with Crippen LogP contribution >= 0.6 is 0 Å². The lowest BCUT2D eigenvalue weighted by molar-refractivity contribution is -0.138. The van der Waals surface area contributed by atoms with E-state index in [0.29, 0.717) is 31.6 Å². The smallest absolute Gasteiger partial charge is 0.320 e. The van der Waals surface area contributed by atoms with Crippen molar-refractivity contribution in [1.82, 2.24) is 0 Å². The summed E-state index contributed by atoms with van der Waals surface area (Å²) in [6.45, 7) is 3.82.